The van der Waals surface area contributed by atoms with E-state index in [1.807, 2.05) is 0 Å². The van der Waals surface area contributed by atoms with Gasteiger partial charge in [0.05, 0.1) is 19.1 Å². The van der Waals surface area contributed by atoms with Crippen LogP contribution in [0.4, 0.5) is 11.4 Å². The second kappa shape index (κ2) is 8.29. The van der Waals surface area contributed by atoms with Gasteiger partial charge in [-0.1, -0.05) is 0 Å². The highest BCUT2D eigenvalue weighted by Crippen LogP contribution is 2.30. The van der Waals surface area contributed by atoms with Crippen molar-refractivity contribution in [2.24, 2.45) is 5.92 Å². The summed E-state index contributed by atoms with van der Waals surface area (Å²) in [6.07, 6.45) is 2.24. The Kier molecular flexibility index (Phi) is 6.38. The van der Waals surface area contributed by atoms with Crippen LogP contribution in [0.15, 0.2) is 24.3 Å². The Morgan fingerprint density at radius 2 is 1.78 bits per heavy atom. The molecule has 126 valence electrons. The first-order chi connectivity index (χ1) is 10.7. The lowest BCUT2D eigenvalue weighted by Gasteiger charge is -2.23. The van der Waals surface area contributed by atoms with Crippen LogP contribution in [-0.2, 0) is 14.3 Å². The van der Waals surface area contributed by atoms with E-state index in [1.165, 1.54) is 0 Å². The molecule has 7 heteroatoms. The van der Waals surface area contributed by atoms with Gasteiger partial charge in [-0.05, 0) is 37.1 Å². The lowest BCUT2D eigenvalue weighted by atomic mass is 10.2. The minimum absolute atomic E-state index is 0. The summed E-state index contributed by atoms with van der Waals surface area (Å²) in [7, 11) is 0. The molecule has 1 unspecified atom stereocenters. The summed E-state index contributed by atoms with van der Waals surface area (Å²) >= 11 is 0. The highest BCUT2D eigenvalue weighted by atomic mass is 35.5. The van der Waals surface area contributed by atoms with E-state index in [-0.39, 0.29) is 36.2 Å². The number of hydrogen-bond donors (Lipinski definition) is 3. The van der Waals surface area contributed by atoms with Crippen molar-refractivity contribution in [1.82, 2.24) is 5.32 Å². The first-order valence-electron chi connectivity index (χ1n) is 7.74. The van der Waals surface area contributed by atoms with Crippen molar-refractivity contribution in [2.75, 3.05) is 30.3 Å². The first-order valence-corrected chi connectivity index (χ1v) is 7.74. The lowest BCUT2D eigenvalue weighted by molar-refractivity contribution is -0.119. The van der Waals surface area contributed by atoms with Crippen LogP contribution >= 0.6 is 12.4 Å². The van der Waals surface area contributed by atoms with Gasteiger partial charge in [0.25, 0.3) is 0 Å². The van der Waals surface area contributed by atoms with Crippen LogP contribution in [0.2, 0.25) is 0 Å². The van der Waals surface area contributed by atoms with Gasteiger partial charge < -0.3 is 20.7 Å². The molecule has 0 spiro atoms. The summed E-state index contributed by atoms with van der Waals surface area (Å²) in [5.41, 5.74) is 1.48. The zero-order valence-electron chi connectivity index (χ0n) is 12.8. The van der Waals surface area contributed by atoms with Crippen molar-refractivity contribution < 1.29 is 14.3 Å². The van der Waals surface area contributed by atoms with Crippen molar-refractivity contribution in [2.45, 2.75) is 25.4 Å². The van der Waals surface area contributed by atoms with E-state index in [0.717, 1.165) is 30.8 Å². The molecule has 2 aliphatic rings. The highest BCUT2D eigenvalue weighted by Gasteiger charge is 2.29. The van der Waals surface area contributed by atoms with Crippen molar-refractivity contribution in [3.05, 3.63) is 24.3 Å². The van der Waals surface area contributed by atoms with Crippen molar-refractivity contribution >= 4 is 35.6 Å². The summed E-state index contributed by atoms with van der Waals surface area (Å²) in [6, 6.07) is 7.18. The number of benzene rings is 1. The predicted octanol–water partition coefficient (Wildman–Crippen LogP) is 1.77. The van der Waals surface area contributed by atoms with Crippen molar-refractivity contribution in [3.8, 4) is 0 Å². The van der Waals surface area contributed by atoms with Crippen LogP contribution in [0.5, 0.6) is 0 Å². The number of hydrogen-bond acceptors (Lipinski definition) is 4. The molecule has 1 atom stereocenters. The SMILES string of the molecule is Cl.O=C(CC1CNCCO1)Nc1ccc(NC(=O)C2CC2)cc1. The zero-order chi connectivity index (χ0) is 15.4. The number of ether oxygens (including phenoxy) is 1. The highest BCUT2D eigenvalue weighted by molar-refractivity contribution is 5.95. The van der Waals surface area contributed by atoms with E-state index in [2.05, 4.69) is 16.0 Å². The number of carbonyl (C=O) groups excluding carboxylic acids is 2. The molecule has 0 aromatic heterocycles. The number of rotatable bonds is 5. The summed E-state index contributed by atoms with van der Waals surface area (Å²) < 4.78 is 5.51. The van der Waals surface area contributed by atoms with Gasteiger partial charge in [-0.3, -0.25) is 9.59 Å². The first kappa shape index (κ1) is 17.7. The maximum absolute atomic E-state index is 12.0. The molecule has 1 aromatic rings. The normalized spacial score (nSPS) is 20.3. The Bertz CT molecular complexity index is 540. The molecule has 23 heavy (non-hydrogen) atoms. The molecule has 0 radical (unpaired) electrons. The fraction of sp³-hybridized carbons (Fsp3) is 0.500. The lowest BCUT2D eigenvalue weighted by Crippen LogP contribution is -2.40. The van der Waals surface area contributed by atoms with Gasteiger partial charge in [0.15, 0.2) is 0 Å². The summed E-state index contributed by atoms with van der Waals surface area (Å²) in [4.78, 5) is 23.6. The smallest absolute Gasteiger partial charge is 0.227 e. The predicted molar refractivity (Wildman–Crippen MR) is 90.9 cm³/mol. The third-order valence-electron chi connectivity index (χ3n) is 3.80. The van der Waals surface area contributed by atoms with Gasteiger partial charge in [-0.15, -0.1) is 12.4 Å². The van der Waals surface area contributed by atoms with Crippen LogP contribution in [0.25, 0.3) is 0 Å². The van der Waals surface area contributed by atoms with Crippen molar-refractivity contribution in [1.29, 1.82) is 0 Å². The molecular formula is C16H22ClN3O3. The van der Waals surface area contributed by atoms with E-state index >= 15 is 0 Å². The second-order valence-electron chi connectivity index (χ2n) is 5.79. The number of morpholine rings is 1. The van der Waals surface area contributed by atoms with Gasteiger partial charge in [-0.2, -0.15) is 0 Å². The van der Waals surface area contributed by atoms with Crippen LogP contribution in [-0.4, -0.2) is 37.6 Å². The molecule has 1 heterocycles. The molecule has 3 rings (SSSR count). The van der Waals surface area contributed by atoms with Gasteiger partial charge >= 0.3 is 0 Å². The standard InChI is InChI=1S/C16H21N3O3.ClH/c20-15(9-14-10-17-7-8-22-14)18-12-3-5-13(6-4-12)19-16(21)11-1-2-11;/h3-6,11,14,17H,1-2,7-10H2,(H,18,20)(H,19,21);1H. The van der Waals surface area contributed by atoms with Crippen LogP contribution in [0, 0.1) is 5.92 Å². The minimum Gasteiger partial charge on any atom is -0.375 e. The minimum atomic E-state index is -0.0662. The largest absolute Gasteiger partial charge is 0.375 e. The summed E-state index contributed by atoms with van der Waals surface area (Å²) in [5.74, 6) is 0.200. The van der Waals surface area contributed by atoms with Gasteiger partial charge in [0.2, 0.25) is 11.8 Å². The number of anilines is 2. The summed E-state index contributed by atoms with van der Waals surface area (Å²) in [5, 5.41) is 8.91. The molecular weight excluding hydrogens is 318 g/mol. The Morgan fingerprint density at radius 3 is 2.35 bits per heavy atom. The van der Waals surface area contributed by atoms with Crippen LogP contribution < -0.4 is 16.0 Å². The Balaban J connectivity index is 0.00000192. The maximum Gasteiger partial charge on any atom is 0.227 e. The maximum atomic E-state index is 12.0. The van der Waals surface area contributed by atoms with E-state index in [1.54, 1.807) is 24.3 Å². The molecule has 3 N–H and O–H groups in total. The monoisotopic (exact) mass is 339 g/mol. The molecule has 1 aliphatic heterocycles. The molecule has 1 aliphatic carbocycles. The third-order valence-corrected chi connectivity index (χ3v) is 3.80. The van der Waals surface area contributed by atoms with E-state index < -0.39 is 0 Å². The van der Waals surface area contributed by atoms with Crippen molar-refractivity contribution in [3.63, 3.8) is 0 Å². The quantitative estimate of drug-likeness (QED) is 0.764. The number of amides is 2. The molecule has 1 saturated heterocycles. The average Bonchev–Trinajstić information content (AvgIpc) is 3.35. The molecule has 2 fully saturated rings. The number of carbonyl (C=O) groups is 2. The van der Waals surface area contributed by atoms with E-state index in [9.17, 15) is 9.59 Å². The fourth-order valence-corrected chi connectivity index (χ4v) is 2.40. The van der Waals surface area contributed by atoms with Crippen LogP contribution in [0.1, 0.15) is 19.3 Å². The second-order valence-corrected chi connectivity index (χ2v) is 5.79. The molecule has 0 bridgehead atoms. The van der Waals surface area contributed by atoms with E-state index in [4.69, 9.17) is 4.74 Å². The number of nitrogens with one attached hydrogen (secondary N) is 3. The topological polar surface area (TPSA) is 79.5 Å². The Morgan fingerprint density at radius 1 is 1.13 bits per heavy atom. The fourth-order valence-electron chi connectivity index (χ4n) is 2.40. The molecule has 1 saturated carbocycles. The number of halogens is 1. The molecule has 1 aromatic carbocycles. The van der Waals surface area contributed by atoms with Gasteiger partial charge in [-0.25, -0.2) is 0 Å². The average molecular weight is 340 g/mol. The molecule has 2 amide bonds. The van der Waals surface area contributed by atoms with Gasteiger partial charge in [0.1, 0.15) is 0 Å². The summed E-state index contributed by atoms with van der Waals surface area (Å²) in [6.45, 7) is 2.19. The van der Waals surface area contributed by atoms with Gasteiger partial charge in [0, 0.05) is 30.4 Å². The molecule has 6 nitrogen and oxygen atoms in total. The Labute approximate surface area is 141 Å². The van der Waals surface area contributed by atoms with E-state index in [0.29, 0.717) is 19.6 Å². The third kappa shape index (κ3) is 5.49. The Hall–Kier alpha value is -1.63. The zero-order valence-corrected chi connectivity index (χ0v) is 13.7. The van der Waals surface area contributed by atoms with Crippen LogP contribution in [0.3, 0.4) is 0 Å².